The minimum absolute atomic E-state index is 0.209. The van der Waals surface area contributed by atoms with Crippen molar-refractivity contribution in [3.63, 3.8) is 0 Å². The number of hydrogen-bond acceptors (Lipinski definition) is 6. The average molecular weight is 333 g/mol. The third-order valence-corrected chi connectivity index (χ3v) is 5.51. The Hall–Kier alpha value is -2.26. The van der Waals surface area contributed by atoms with E-state index in [1.807, 2.05) is 11.0 Å². The predicted octanol–water partition coefficient (Wildman–Crippen LogP) is 1.36. The highest BCUT2D eigenvalue weighted by Crippen LogP contribution is 2.31. The van der Waals surface area contributed by atoms with Gasteiger partial charge in [0.1, 0.15) is 10.9 Å². The van der Waals surface area contributed by atoms with Gasteiger partial charge in [0, 0.05) is 41.6 Å². The second kappa shape index (κ2) is 5.14. The van der Waals surface area contributed by atoms with E-state index in [1.165, 1.54) is 0 Å². The quantitative estimate of drug-likeness (QED) is 0.681. The van der Waals surface area contributed by atoms with Crippen LogP contribution in [0, 0.1) is 0 Å². The summed E-state index contributed by atoms with van der Waals surface area (Å²) in [6.07, 6.45) is 6.29. The van der Waals surface area contributed by atoms with Gasteiger partial charge in [0.15, 0.2) is 5.82 Å². The molecule has 0 bridgehead atoms. The lowest BCUT2D eigenvalue weighted by Gasteiger charge is -2.32. The fourth-order valence-corrected chi connectivity index (χ4v) is 3.99. The van der Waals surface area contributed by atoms with Gasteiger partial charge in [-0.25, -0.2) is 4.98 Å². The maximum atomic E-state index is 11.5. The number of nitrogens with one attached hydrogen (secondary N) is 1. The normalized spacial score (nSPS) is 19.5. The largest absolute Gasteiger partial charge is 0.353 e. The van der Waals surface area contributed by atoms with Crippen molar-refractivity contribution in [1.29, 1.82) is 0 Å². The molecule has 23 heavy (non-hydrogen) atoms. The second-order valence-corrected chi connectivity index (χ2v) is 7.42. The maximum Gasteiger partial charge on any atom is 0.269 e. The molecule has 0 amide bonds. The minimum Gasteiger partial charge on any atom is -0.353 e. The molecular weight excluding hydrogens is 318 g/mol. The standard InChI is InChI=1S/C14H15N5O3S/c20-23(21,22)10-2-1-5-19(8-10)14-12-9(7-17-18-14)6-16-13-11(12)3-4-15-13/h3-4,6-7,10H,1-2,5,8H2,(H,15,16)(H,20,21,22). The number of fused-ring (bicyclic) bond motifs is 3. The topological polar surface area (TPSA) is 112 Å². The zero-order valence-electron chi connectivity index (χ0n) is 12.2. The molecule has 3 aromatic heterocycles. The Kier molecular flexibility index (Phi) is 3.20. The van der Waals surface area contributed by atoms with E-state index in [0.717, 1.165) is 21.8 Å². The van der Waals surface area contributed by atoms with Gasteiger partial charge in [0.05, 0.1) is 6.20 Å². The first-order valence-electron chi connectivity index (χ1n) is 7.33. The van der Waals surface area contributed by atoms with Crippen LogP contribution >= 0.6 is 0 Å². The van der Waals surface area contributed by atoms with Gasteiger partial charge in [-0.2, -0.15) is 13.5 Å². The van der Waals surface area contributed by atoms with Crippen molar-refractivity contribution in [3.8, 4) is 0 Å². The van der Waals surface area contributed by atoms with Gasteiger partial charge in [0.2, 0.25) is 0 Å². The van der Waals surface area contributed by atoms with Crippen LogP contribution in [0.3, 0.4) is 0 Å². The number of anilines is 1. The molecule has 3 aromatic rings. The Morgan fingerprint density at radius 1 is 1.35 bits per heavy atom. The summed E-state index contributed by atoms with van der Waals surface area (Å²) >= 11 is 0. The Bertz CT molecular complexity index is 984. The van der Waals surface area contributed by atoms with Crippen LogP contribution in [0.25, 0.3) is 21.8 Å². The molecule has 1 saturated heterocycles. The highest BCUT2D eigenvalue weighted by Gasteiger charge is 2.31. The Morgan fingerprint density at radius 2 is 2.22 bits per heavy atom. The van der Waals surface area contributed by atoms with Crippen molar-refractivity contribution in [1.82, 2.24) is 20.2 Å². The smallest absolute Gasteiger partial charge is 0.269 e. The SMILES string of the molecule is O=S(=O)(O)C1CCCN(c2nncc3cnc4[nH]ccc4c23)C1. The third-order valence-electron chi connectivity index (χ3n) is 4.29. The third kappa shape index (κ3) is 2.41. The molecule has 4 rings (SSSR count). The fraction of sp³-hybridized carbons (Fsp3) is 0.357. The van der Waals surface area contributed by atoms with Crippen LogP contribution in [0.4, 0.5) is 5.82 Å². The number of aromatic nitrogens is 4. The summed E-state index contributed by atoms with van der Waals surface area (Å²) < 4.78 is 32.3. The molecule has 1 unspecified atom stereocenters. The first-order valence-corrected chi connectivity index (χ1v) is 8.83. The van der Waals surface area contributed by atoms with E-state index < -0.39 is 15.4 Å². The zero-order chi connectivity index (χ0) is 16.0. The van der Waals surface area contributed by atoms with Crippen molar-refractivity contribution in [2.75, 3.05) is 18.0 Å². The lowest BCUT2D eigenvalue weighted by atomic mass is 10.1. The molecular formula is C14H15N5O3S. The van der Waals surface area contributed by atoms with Gasteiger partial charge in [-0.1, -0.05) is 0 Å². The number of rotatable bonds is 2. The average Bonchev–Trinajstić information content (AvgIpc) is 3.02. The number of aromatic amines is 1. The van der Waals surface area contributed by atoms with Crippen molar-refractivity contribution >= 4 is 37.7 Å². The Balaban J connectivity index is 1.86. The summed E-state index contributed by atoms with van der Waals surface area (Å²) in [5.41, 5.74) is 0.745. The molecule has 0 aromatic carbocycles. The van der Waals surface area contributed by atoms with E-state index in [1.54, 1.807) is 18.6 Å². The van der Waals surface area contributed by atoms with Crippen LogP contribution in [-0.2, 0) is 10.1 Å². The van der Waals surface area contributed by atoms with Gasteiger partial charge in [0.25, 0.3) is 10.1 Å². The van der Waals surface area contributed by atoms with Gasteiger partial charge >= 0.3 is 0 Å². The van der Waals surface area contributed by atoms with Crippen molar-refractivity contribution in [2.45, 2.75) is 18.1 Å². The van der Waals surface area contributed by atoms with Crippen molar-refractivity contribution < 1.29 is 13.0 Å². The molecule has 1 aliphatic heterocycles. The lowest BCUT2D eigenvalue weighted by molar-refractivity contribution is 0.446. The summed E-state index contributed by atoms with van der Waals surface area (Å²) in [6.45, 7) is 0.884. The van der Waals surface area contributed by atoms with Gasteiger partial charge in [-0.15, -0.1) is 5.10 Å². The molecule has 4 heterocycles. The Labute approximate surface area is 132 Å². The molecule has 0 spiro atoms. The molecule has 1 aliphatic rings. The number of nitrogens with zero attached hydrogens (tertiary/aromatic N) is 4. The summed E-state index contributed by atoms with van der Waals surface area (Å²) in [4.78, 5) is 9.27. The summed E-state index contributed by atoms with van der Waals surface area (Å²) in [7, 11) is -4.06. The number of pyridine rings is 1. The number of H-pyrrole nitrogens is 1. The van der Waals surface area contributed by atoms with Crippen molar-refractivity contribution in [3.05, 3.63) is 24.7 Å². The molecule has 0 aliphatic carbocycles. The monoisotopic (exact) mass is 333 g/mol. The van der Waals surface area contributed by atoms with Crippen LogP contribution in [0.2, 0.25) is 0 Å². The minimum atomic E-state index is -4.06. The molecule has 1 fully saturated rings. The van der Waals surface area contributed by atoms with E-state index in [4.69, 9.17) is 0 Å². The second-order valence-electron chi connectivity index (χ2n) is 5.72. The molecule has 2 N–H and O–H groups in total. The first-order chi connectivity index (χ1) is 11.0. The fourth-order valence-electron chi connectivity index (χ4n) is 3.16. The lowest BCUT2D eigenvalue weighted by Crippen LogP contribution is -2.42. The van der Waals surface area contributed by atoms with Crippen LogP contribution in [0.1, 0.15) is 12.8 Å². The number of hydrogen-bond donors (Lipinski definition) is 2. The zero-order valence-corrected chi connectivity index (χ0v) is 13.0. The van der Waals surface area contributed by atoms with E-state index in [2.05, 4.69) is 20.2 Å². The van der Waals surface area contributed by atoms with E-state index in [0.29, 0.717) is 25.2 Å². The van der Waals surface area contributed by atoms with Gasteiger partial charge < -0.3 is 9.88 Å². The molecule has 120 valence electrons. The first kappa shape index (κ1) is 14.3. The maximum absolute atomic E-state index is 11.5. The summed E-state index contributed by atoms with van der Waals surface area (Å²) in [5, 5.41) is 10.1. The predicted molar refractivity (Wildman–Crippen MR) is 86.0 cm³/mol. The van der Waals surface area contributed by atoms with Gasteiger partial charge in [-0.05, 0) is 18.9 Å². The van der Waals surface area contributed by atoms with E-state index in [-0.39, 0.29) is 6.54 Å². The highest BCUT2D eigenvalue weighted by atomic mass is 32.2. The summed E-state index contributed by atoms with van der Waals surface area (Å²) in [6, 6.07) is 1.92. The molecule has 1 atom stereocenters. The molecule has 0 saturated carbocycles. The molecule has 0 radical (unpaired) electrons. The highest BCUT2D eigenvalue weighted by molar-refractivity contribution is 7.86. The van der Waals surface area contributed by atoms with E-state index >= 15 is 0 Å². The van der Waals surface area contributed by atoms with Crippen LogP contribution in [0.15, 0.2) is 24.7 Å². The number of piperidine rings is 1. The Morgan fingerprint density at radius 3 is 3.04 bits per heavy atom. The van der Waals surface area contributed by atoms with E-state index in [9.17, 15) is 13.0 Å². The van der Waals surface area contributed by atoms with Crippen molar-refractivity contribution in [2.24, 2.45) is 0 Å². The van der Waals surface area contributed by atoms with Crippen LogP contribution in [0.5, 0.6) is 0 Å². The van der Waals surface area contributed by atoms with Gasteiger partial charge in [-0.3, -0.25) is 4.55 Å². The molecule has 9 heteroatoms. The molecule has 8 nitrogen and oxygen atoms in total. The summed E-state index contributed by atoms with van der Waals surface area (Å²) in [5.74, 6) is 0.628. The van der Waals surface area contributed by atoms with Crippen LogP contribution in [-0.4, -0.2) is 51.5 Å². The van der Waals surface area contributed by atoms with Crippen LogP contribution < -0.4 is 4.90 Å².